The summed E-state index contributed by atoms with van der Waals surface area (Å²) in [5.41, 5.74) is 3.29. The lowest BCUT2D eigenvalue weighted by Gasteiger charge is -2.05. The molecule has 0 atom stereocenters. The molecule has 0 aliphatic rings. The highest BCUT2D eigenvalue weighted by Crippen LogP contribution is 2.14. The van der Waals surface area contributed by atoms with E-state index < -0.39 is 0 Å². The van der Waals surface area contributed by atoms with Gasteiger partial charge in [-0.25, -0.2) is 4.68 Å². The topological polar surface area (TPSA) is 42.7 Å². The summed E-state index contributed by atoms with van der Waals surface area (Å²) < 4.78 is 1.89. The third kappa shape index (κ3) is 2.96. The molecule has 2 rings (SSSR count). The van der Waals surface area contributed by atoms with Gasteiger partial charge in [0.1, 0.15) is 0 Å². The van der Waals surface area contributed by atoms with Gasteiger partial charge in [0.25, 0.3) is 0 Å². The van der Waals surface area contributed by atoms with E-state index in [4.69, 9.17) is 0 Å². The molecule has 0 aromatic carbocycles. The molecule has 0 radical (unpaired) electrons. The number of nitrogens with one attached hydrogen (secondary N) is 1. The Hall–Kier alpha value is -1.68. The molecule has 0 unspecified atom stereocenters. The third-order valence-corrected chi connectivity index (χ3v) is 2.83. The number of rotatable bonds is 5. The Balaban J connectivity index is 2.21. The standard InChI is InChI=1S/C14H20N4/c1-4-15-8-12-7-13(10-16-9-12)18-6-5-14(17-18)11(2)3/h5-7,9-11,15H,4,8H2,1-3H3. The van der Waals surface area contributed by atoms with Crippen LogP contribution in [0.1, 0.15) is 37.9 Å². The molecule has 2 aromatic rings. The van der Waals surface area contributed by atoms with Crippen LogP contribution in [0.5, 0.6) is 0 Å². The van der Waals surface area contributed by atoms with Gasteiger partial charge >= 0.3 is 0 Å². The van der Waals surface area contributed by atoms with E-state index in [9.17, 15) is 0 Å². The summed E-state index contributed by atoms with van der Waals surface area (Å²) in [6.07, 6.45) is 5.72. The highest BCUT2D eigenvalue weighted by molar-refractivity contribution is 5.31. The van der Waals surface area contributed by atoms with Crippen molar-refractivity contribution in [1.82, 2.24) is 20.1 Å². The molecule has 0 spiro atoms. The van der Waals surface area contributed by atoms with Crippen LogP contribution in [0.4, 0.5) is 0 Å². The molecular formula is C14H20N4. The first kappa shape index (κ1) is 12.8. The minimum Gasteiger partial charge on any atom is -0.313 e. The maximum atomic E-state index is 4.56. The zero-order valence-electron chi connectivity index (χ0n) is 11.2. The zero-order valence-corrected chi connectivity index (χ0v) is 11.2. The average Bonchev–Trinajstić information content (AvgIpc) is 2.86. The van der Waals surface area contributed by atoms with E-state index in [2.05, 4.69) is 48.3 Å². The average molecular weight is 244 g/mol. The monoisotopic (exact) mass is 244 g/mol. The molecule has 0 fully saturated rings. The second kappa shape index (κ2) is 5.78. The maximum Gasteiger partial charge on any atom is 0.0832 e. The molecule has 4 heteroatoms. The van der Waals surface area contributed by atoms with Gasteiger partial charge in [-0.1, -0.05) is 20.8 Å². The number of pyridine rings is 1. The summed E-state index contributed by atoms with van der Waals surface area (Å²) in [5.74, 6) is 0.448. The molecule has 0 saturated carbocycles. The normalized spacial score (nSPS) is 11.1. The Labute approximate surface area is 108 Å². The Bertz CT molecular complexity index is 502. The van der Waals surface area contributed by atoms with Gasteiger partial charge in [-0.2, -0.15) is 5.10 Å². The van der Waals surface area contributed by atoms with Crippen LogP contribution in [0.3, 0.4) is 0 Å². The Morgan fingerprint density at radius 2 is 2.17 bits per heavy atom. The van der Waals surface area contributed by atoms with Crippen molar-refractivity contribution in [3.63, 3.8) is 0 Å². The largest absolute Gasteiger partial charge is 0.313 e. The summed E-state index contributed by atoms with van der Waals surface area (Å²) in [6, 6.07) is 4.17. The van der Waals surface area contributed by atoms with Crippen LogP contribution in [0, 0.1) is 0 Å². The molecule has 0 bridgehead atoms. The van der Waals surface area contributed by atoms with Crippen molar-refractivity contribution in [2.75, 3.05) is 6.54 Å². The first-order valence-corrected chi connectivity index (χ1v) is 6.41. The lowest BCUT2D eigenvalue weighted by molar-refractivity contribution is 0.720. The molecular weight excluding hydrogens is 224 g/mol. The second-order valence-corrected chi connectivity index (χ2v) is 4.67. The molecule has 0 aliphatic heterocycles. The summed E-state index contributed by atoms with van der Waals surface area (Å²) in [4.78, 5) is 4.27. The van der Waals surface area contributed by atoms with E-state index in [1.165, 1.54) is 5.56 Å². The molecule has 96 valence electrons. The van der Waals surface area contributed by atoms with Gasteiger partial charge in [0.05, 0.1) is 17.6 Å². The van der Waals surface area contributed by atoms with Crippen LogP contribution in [0.15, 0.2) is 30.7 Å². The Morgan fingerprint density at radius 3 is 2.83 bits per heavy atom. The maximum absolute atomic E-state index is 4.56. The van der Waals surface area contributed by atoms with Gasteiger partial charge in [-0.15, -0.1) is 0 Å². The summed E-state index contributed by atoms with van der Waals surface area (Å²) >= 11 is 0. The molecule has 0 amide bonds. The predicted octanol–water partition coefficient (Wildman–Crippen LogP) is 2.50. The zero-order chi connectivity index (χ0) is 13.0. The number of hydrogen-bond acceptors (Lipinski definition) is 3. The van der Waals surface area contributed by atoms with Crippen LogP contribution in [-0.4, -0.2) is 21.3 Å². The predicted molar refractivity (Wildman–Crippen MR) is 72.8 cm³/mol. The van der Waals surface area contributed by atoms with Crippen molar-refractivity contribution in [1.29, 1.82) is 0 Å². The van der Waals surface area contributed by atoms with E-state index in [-0.39, 0.29) is 0 Å². The SMILES string of the molecule is CCNCc1cncc(-n2ccc(C(C)C)n2)c1. The molecule has 2 heterocycles. The Morgan fingerprint density at radius 1 is 1.33 bits per heavy atom. The van der Waals surface area contributed by atoms with Gasteiger partial charge in [0.15, 0.2) is 0 Å². The summed E-state index contributed by atoms with van der Waals surface area (Å²) in [7, 11) is 0. The molecule has 18 heavy (non-hydrogen) atoms. The fourth-order valence-electron chi connectivity index (χ4n) is 1.75. The van der Waals surface area contributed by atoms with Gasteiger partial charge < -0.3 is 5.32 Å². The van der Waals surface area contributed by atoms with Crippen LogP contribution in [-0.2, 0) is 6.54 Å². The lowest BCUT2D eigenvalue weighted by Crippen LogP contribution is -2.12. The minimum atomic E-state index is 0.448. The Kier molecular flexibility index (Phi) is 4.10. The van der Waals surface area contributed by atoms with Crippen LogP contribution >= 0.6 is 0 Å². The van der Waals surface area contributed by atoms with Gasteiger partial charge in [-0.3, -0.25) is 4.98 Å². The van der Waals surface area contributed by atoms with Crippen molar-refractivity contribution < 1.29 is 0 Å². The van der Waals surface area contributed by atoms with Gasteiger partial charge in [0, 0.05) is 18.9 Å². The first-order chi connectivity index (χ1) is 8.70. The van der Waals surface area contributed by atoms with E-state index in [0.29, 0.717) is 5.92 Å². The second-order valence-electron chi connectivity index (χ2n) is 4.67. The molecule has 4 nitrogen and oxygen atoms in total. The number of nitrogens with zero attached hydrogens (tertiary/aromatic N) is 3. The highest BCUT2D eigenvalue weighted by atomic mass is 15.3. The number of hydrogen-bond donors (Lipinski definition) is 1. The van der Waals surface area contributed by atoms with Crippen molar-refractivity contribution in [3.05, 3.63) is 42.0 Å². The van der Waals surface area contributed by atoms with Crippen LogP contribution in [0.25, 0.3) is 5.69 Å². The highest BCUT2D eigenvalue weighted by Gasteiger charge is 2.05. The van der Waals surface area contributed by atoms with E-state index in [1.54, 1.807) is 0 Å². The van der Waals surface area contributed by atoms with Crippen LogP contribution < -0.4 is 5.32 Å². The van der Waals surface area contributed by atoms with Crippen LogP contribution in [0.2, 0.25) is 0 Å². The van der Waals surface area contributed by atoms with Crippen molar-refractivity contribution in [2.45, 2.75) is 33.2 Å². The third-order valence-electron chi connectivity index (χ3n) is 2.83. The van der Waals surface area contributed by atoms with Crippen molar-refractivity contribution >= 4 is 0 Å². The van der Waals surface area contributed by atoms with Crippen molar-refractivity contribution in [2.24, 2.45) is 0 Å². The quantitative estimate of drug-likeness (QED) is 0.878. The molecule has 0 aliphatic carbocycles. The van der Waals surface area contributed by atoms with E-state index in [1.807, 2.05) is 23.3 Å². The smallest absolute Gasteiger partial charge is 0.0832 e. The number of aromatic nitrogens is 3. The minimum absolute atomic E-state index is 0.448. The molecule has 2 aromatic heterocycles. The fourth-order valence-corrected chi connectivity index (χ4v) is 1.75. The van der Waals surface area contributed by atoms with Gasteiger partial charge in [-0.05, 0) is 30.2 Å². The molecule has 0 saturated heterocycles. The lowest BCUT2D eigenvalue weighted by atomic mass is 10.1. The molecule has 1 N–H and O–H groups in total. The summed E-state index contributed by atoms with van der Waals surface area (Å²) in [5, 5.41) is 7.85. The van der Waals surface area contributed by atoms with Gasteiger partial charge in [0.2, 0.25) is 0 Å². The fraction of sp³-hybridized carbons (Fsp3) is 0.429. The first-order valence-electron chi connectivity index (χ1n) is 6.41. The van der Waals surface area contributed by atoms with Crippen molar-refractivity contribution in [3.8, 4) is 5.69 Å². The summed E-state index contributed by atoms with van der Waals surface area (Å²) in [6.45, 7) is 8.19. The van der Waals surface area contributed by atoms with E-state index >= 15 is 0 Å². The van der Waals surface area contributed by atoms with E-state index in [0.717, 1.165) is 24.5 Å².